The molecule has 0 spiro atoms. The molecule has 0 aromatic carbocycles. The number of methoxy groups -OCH3 is 1. The highest BCUT2D eigenvalue weighted by Crippen LogP contribution is 2.12. The predicted molar refractivity (Wildman–Crippen MR) is 68.1 cm³/mol. The number of morpholine rings is 1. The van der Waals surface area contributed by atoms with E-state index >= 15 is 0 Å². The van der Waals surface area contributed by atoms with Gasteiger partial charge in [-0.1, -0.05) is 0 Å². The van der Waals surface area contributed by atoms with Crippen molar-refractivity contribution in [3.05, 3.63) is 0 Å². The van der Waals surface area contributed by atoms with E-state index in [2.05, 4.69) is 0 Å². The first-order valence-corrected chi connectivity index (χ1v) is 6.34. The summed E-state index contributed by atoms with van der Waals surface area (Å²) in [4.78, 5) is 26.0. The third kappa shape index (κ3) is 5.04. The van der Waals surface area contributed by atoms with Crippen molar-refractivity contribution in [3.8, 4) is 0 Å². The lowest BCUT2D eigenvalue weighted by molar-refractivity contribution is -0.138. The minimum absolute atomic E-state index is 0.0400. The standard InChI is InChI=1S/C12H22N2O5/c1-9-6-14(7-10(2)19-9)12(17)13(4-5-18-3)8-11(15)16/h9-10H,4-8H2,1-3H3,(H,15,16). The minimum Gasteiger partial charge on any atom is -0.480 e. The van der Waals surface area contributed by atoms with Crippen molar-refractivity contribution in [2.75, 3.05) is 39.9 Å². The SMILES string of the molecule is COCCN(CC(=O)O)C(=O)N1CC(C)OC(C)C1. The number of rotatable bonds is 5. The molecule has 1 heterocycles. The van der Waals surface area contributed by atoms with Crippen LogP contribution >= 0.6 is 0 Å². The molecule has 19 heavy (non-hydrogen) atoms. The number of ether oxygens (including phenoxy) is 2. The molecule has 0 radical (unpaired) electrons. The van der Waals surface area contributed by atoms with E-state index in [1.807, 2.05) is 13.8 Å². The second-order valence-electron chi connectivity index (χ2n) is 4.75. The van der Waals surface area contributed by atoms with Crippen LogP contribution in [0.2, 0.25) is 0 Å². The van der Waals surface area contributed by atoms with E-state index in [1.54, 1.807) is 4.90 Å². The van der Waals surface area contributed by atoms with Gasteiger partial charge < -0.3 is 24.4 Å². The summed E-state index contributed by atoms with van der Waals surface area (Å²) < 4.78 is 10.5. The molecular weight excluding hydrogens is 252 g/mol. The zero-order valence-corrected chi connectivity index (χ0v) is 11.7. The van der Waals surface area contributed by atoms with Crippen LogP contribution in [0.1, 0.15) is 13.8 Å². The maximum atomic E-state index is 12.3. The number of hydrogen-bond donors (Lipinski definition) is 1. The summed E-state index contributed by atoms with van der Waals surface area (Å²) in [6.45, 7) is 5.01. The molecule has 0 aliphatic carbocycles. The number of amides is 2. The third-order valence-electron chi connectivity index (χ3n) is 2.85. The molecule has 2 amide bonds. The summed E-state index contributed by atoms with van der Waals surface area (Å²) in [7, 11) is 1.52. The van der Waals surface area contributed by atoms with Crippen molar-refractivity contribution in [3.63, 3.8) is 0 Å². The van der Waals surface area contributed by atoms with Crippen molar-refractivity contribution in [1.82, 2.24) is 9.80 Å². The van der Waals surface area contributed by atoms with Gasteiger partial charge in [-0.15, -0.1) is 0 Å². The average molecular weight is 274 g/mol. The number of nitrogens with zero attached hydrogens (tertiary/aromatic N) is 2. The van der Waals surface area contributed by atoms with Crippen LogP contribution in [0.3, 0.4) is 0 Å². The van der Waals surface area contributed by atoms with E-state index in [0.29, 0.717) is 19.7 Å². The number of carboxylic acid groups (broad SMARTS) is 1. The molecule has 0 saturated carbocycles. The molecule has 1 aliphatic rings. The summed E-state index contributed by atoms with van der Waals surface area (Å²) in [6.07, 6.45) is -0.0800. The van der Waals surface area contributed by atoms with Gasteiger partial charge in [0.05, 0.1) is 18.8 Å². The lowest BCUT2D eigenvalue weighted by atomic mass is 10.2. The zero-order chi connectivity index (χ0) is 14.4. The van der Waals surface area contributed by atoms with E-state index in [1.165, 1.54) is 12.0 Å². The van der Waals surface area contributed by atoms with Crippen LogP contribution in [0.15, 0.2) is 0 Å². The maximum absolute atomic E-state index is 12.3. The molecular formula is C12H22N2O5. The Bertz CT molecular complexity index is 313. The Morgan fingerprint density at radius 3 is 2.42 bits per heavy atom. The fourth-order valence-corrected chi connectivity index (χ4v) is 2.14. The highest BCUT2D eigenvalue weighted by molar-refractivity contribution is 5.80. The Hall–Kier alpha value is -1.34. The molecule has 2 unspecified atom stereocenters. The Labute approximate surface area is 113 Å². The fraction of sp³-hybridized carbons (Fsp3) is 0.833. The number of carbonyl (C=O) groups excluding carboxylic acids is 1. The molecule has 1 saturated heterocycles. The minimum atomic E-state index is -1.03. The maximum Gasteiger partial charge on any atom is 0.323 e. The van der Waals surface area contributed by atoms with Crippen LogP contribution in [-0.2, 0) is 14.3 Å². The van der Waals surface area contributed by atoms with Crippen LogP contribution in [0.5, 0.6) is 0 Å². The molecule has 1 rings (SSSR count). The van der Waals surface area contributed by atoms with Gasteiger partial charge in [-0.25, -0.2) is 4.79 Å². The molecule has 7 heteroatoms. The van der Waals surface area contributed by atoms with E-state index < -0.39 is 5.97 Å². The van der Waals surface area contributed by atoms with Gasteiger partial charge in [0.2, 0.25) is 0 Å². The molecule has 0 aromatic rings. The van der Waals surface area contributed by atoms with Gasteiger partial charge in [-0.3, -0.25) is 4.79 Å². The molecule has 7 nitrogen and oxygen atoms in total. The Kier molecular flexibility index (Phi) is 6.04. The zero-order valence-electron chi connectivity index (χ0n) is 11.7. The summed E-state index contributed by atoms with van der Waals surface area (Å²) in [6, 6.07) is -0.276. The van der Waals surface area contributed by atoms with Crippen molar-refractivity contribution >= 4 is 12.0 Å². The summed E-state index contributed by atoms with van der Waals surface area (Å²) >= 11 is 0. The monoisotopic (exact) mass is 274 g/mol. The molecule has 0 aromatic heterocycles. The predicted octanol–water partition coefficient (Wildman–Crippen LogP) is 0.249. The van der Waals surface area contributed by atoms with Gasteiger partial charge in [-0.2, -0.15) is 0 Å². The number of aliphatic carboxylic acids is 1. The first-order valence-electron chi connectivity index (χ1n) is 6.34. The number of carbonyl (C=O) groups is 2. The van der Waals surface area contributed by atoms with Gasteiger partial charge in [0.25, 0.3) is 0 Å². The average Bonchev–Trinajstić information content (AvgIpc) is 2.32. The van der Waals surface area contributed by atoms with Crippen LogP contribution in [-0.4, -0.2) is 79.0 Å². The van der Waals surface area contributed by atoms with Crippen molar-refractivity contribution in [2.45, 2.75) is 26.1 Å². The first-order chi connectivity index (χ1) is 8.93. The van der Waals surface area contributed by atoms with Crippen molar-refractivity contribution in [2.24, 2.45) is 0 Å². The first kappa shape index (κ1) is 15.7. The second kappa shape index (κ2) is 7.30. The largest absolute Gasteiger partial charge is 0.480 e. The molecule has 1 aliphatic heterocycles. The van der Waals surface area contributed by atoms with Crippen LogP contribution in [0, 0.1) is 0 Å². The Balaban J connectivity index is 2.65. The lowest BCUT2D eigenvalue weighted by Crippen LogP contribution is -2.54. The fourth-order valence-electron chi connectivity index (χ4n) is 2.14. The van der Waals surface area contributed by atoms with E-state index in [4.69, 9.17) is 14.6 Å². The van der Waals surface area contributed by atoms with Crippen LogP contribution < -0.4 is 0 Å². The summed E-state index contributed by atoms with van der Waals surface area (Å²) in [5.74, 6) is -1.03. The van der Waals surface area contributed by atoms with Gasteiger partial charge in [0, 0.05) is 26.7 Å². The number of hydrogen-bond acceptors (Lipinski definition) is 4. The quantitative estimate of drug-likeness (QED) is 0.777. The van der Waals surface area contributed by atoms with Gasteiger partial charge in [0.15, 0.2) is 0 Å². The molecule has 2 atom stereocenters. The van der Waals surface area contributed by atoms with Crippen molar-refractivity contribution < 1.29 is 24.2 Å². The molecule has 1 N–H and O–H groups in total. The molecule has 1 fully saturated rings. The lowest BCUT2D eigenvalue weighted by Gasteiger charge is -2.37. The highest BCUT2D eigenvalue weighted by atomic mass is 16.5. The van der Waals surface area contributed by atoms with Crippen LogP contribution in [0.25, 0.3) is 0 Å². The third-order valence-corrected chi connectivity index (χ3v) is 2.85. The normalized spacial score (nSPS) is 23.2. The van der Waals surface area contributed by atoms with E-state index in [-0.39, 0.29) is 31.3 Å². The molecule has 110 valence electrons. The number of urea groups is 1. The topological polar surface area (TPSA) is 79.3 Å². The van der Waals surface area contributed by atoms with Gasteiger partial charge in [-0.05, 0) is 13.8 Å². The number of carboxylic acids is 1. The van der Waals surface area contributed by atoms with E-state index in [9.17, 15) is 9.59 Å². The summed E-state index contributed by atoms with van der Waals surface area (Å²) in [5.41, 5.74) is 0. The van der Waals surface area contributed by atoms with Gasteiger partial charge >= 0.3 is 12.0 Å². The van der Waals surface area contributed by atoms with Crippen molar-refractivity contribution in [1.29, 1.82) is 0 Å². The summed E-state index contributed by atoms with van der Waals surface area (Å²) in [5, 5.41) is 8.86. The van der Waals surface area contributed by atoms with E-state index in [0.717, 1.165) is 0 Å². The Morgan fingerprint density at radius 1 is 1.37 bits per heavy atom. The van der Waals surface area contributed by atoms with Gasteiger partial charge in [0.1, 0.15) is 6.54 Å². The second-order valence-corrected chi connectivity index (χ2v) is 4.75. The smallest absolute Gasteiger partial charge is 0.323 e. The Morgan fingerprint density at radius 2 is 1.95 bits per heavy atom. The van der Waals surface area contributed by atoms with Crippen LogP contribution in [0.4, 0.5) is 4.79 Å². The highest BCUT2D eigenvalue weighted by Gasteiger charge is 2.29. The molecule has 0 bridgehead atoms.